The molecule has 0 aliphatic rings. The standard InChI is InChI=1S/C18H12ClN3OS/c1-11-5-4-7-13(9-11)16-20-18-22(21-16)17(23)15(24-18)10-12-6-2-3-8-14(12)19/h2-10H,1H3. The van der Waals surface area contributed by atoms with Gasteiger partial charge in [-0.1, -0.05) is 64.9 Å². The molecule has 0 aliphatic carbocycles. The van der Waals surface area contributed by atoms with Gasteiger partial charge in [0.1, 0.15) is 0 Å². The number of nitrogens with zero attached hydrogens (tertiary/aromatic N) is 3. The van der Waals surface area contributed by atoms with Crippen LogP contribution in [0.15, 0.2) is 53.3 Å². The zero-order valence-corrected chi connectivity index (χ0v) is 14.3. The van der Waals surface area contributed by atoms with Gasteiger partial charge in [0.2, 0.25) is 4.96 Å². The molecule has 4 aromatic rings. The van der Waals surface area contributed by atoms with Crippen molar-refractivity contribution in [1.82, 2.24) is 14.6 Å². The van der Waals surface area contributed by atoms with Crippen molar-refractivity contribution in [2.45, 2.75) is 6.92 Å². The van der Waals surface area contributed by atoms with Crippen molar-refractivity contribution in [3.05, 3.63) is 79.6 Å². The van der Waals surface area contributed by atoms with Crippen molar-refractivity contribution in [2.75, 3.05) is 0 Å². The minimum atomic E-state index is -0.179. The van der Waals surface area contributed by atoms with E-state index in [4.69, 9.17) is 11.6 Å². The van der Waals surface area contributed by atoms with Crippen molar-refractivity contribution in [3.8, 4) is 11.4 Å². The zero-order chi connectivity index (χ0) is 16.7. The van der Waals surface area contributed by atoms with Gasteiger partial charge in [-0.25, -0.2) is 0 Å². The normalized spacial score (nSPS) is 12.2. The highest BCUT2D eigenvalue weighted by Gasteiger charge is 2.12. The van der Waals surface area contributed by atoms with Gasteiger partial charge in [0.15, 0.2) is 5.82 Å². The average molecular weight is 354 g/mol. The van der Waals surface area contributed by atoms with E-state index in [1.165, 1.54) is 15.9 Å². The summed E-state index contributed by atoms with van der Waals surface area (Å²) in [5, 5.41) is 4.97. The van der Waals surface area contributed by atoms with E-state index in [9.17, 15) is 4.79 Å². The molecule has 0 bridgehead atoms. The molecule has 4 rings (SSSR count). The molecule has 0 aliphatic heterocycles. The minimum Gasteiger partial charge on any atom is -0.266 e. The molecule has 0 N–H and O–H groups in total. The second kappa shape index (κ2) is 5.85. The van der Waals surface area contributed by atoms with Gasteiger partial charge in [-0.3, -0.25) is 4.79 Å². The minimum absolute atomic E-state index is 0.179. The third kappa shape index (κ3) is 2.62. The SMILES string of the molecule is Cc1cccc(-c2nc3sc(=Cc4ccccc4Cl)c(=O)n3n2)c1. The Balaban J connectivity index is 1.85. The van der Waals surface area contributed by atoms with Crippen molar-refractivity contribution in [2.24, 2.45) is 0 Å². The van der Waals surface area contributed by atoms with Crippen LogP contribution < -0.4 is 10.1 Å². The first-order valence-electron chi connectivity index (χ1n) is 7.35. The molecule has 24 heavy (non-hydrogen) atoms. The molecule has 2 aromatic heterocycles. The molecular weight excluding hydrogens is 342 g/mol. The number of aromatic nitrogens is 3. The molecule has 0 saturated heterocycles. The van der Waals surface area contributed by atoms with E-state index >= 15 is 0 Å². The maximum atomic E-state index is 12.6. The lowest BCUT2D eigenvalue weighted by molar-refractivity contribution is 0.936. The number of benzene rings is 2. The maximum absolute atomic E-state index is 12.6. The van der Waals surface area contributed by atoms with E-state index in [1.54, 1.807) is 12.1 Å². The van der Waals surface area contributed by atoms with Crippen molar-refractivity contribution < 1.29 is 0 Å². The summed E-state index contributed by atoms with van der Waals surface area (Å²) in [5.41, 5.74) is 2.66. The van der Waals surface area contributed by atoms with E-state index in [0.717, 1.165) is 16.7 Å². The number of halogens is 1. The van der Waals surface area contributed by atoms with Crippen LogP contribution in [0, 0.1) is 6.92 Å². The Morgan fingerprint density at radius 2 is 2.00 bits per heavy atom. The summed E-state index contributed by atoms with van der Waals surface area (Å²) in [6.07, 6.45) is 1.78. The Hall–Kier alpha value is -2.50. The first kappa shape index (κ1) is 15.1. The highest BCUT2D eigenvalue weighted by Crippen LogP contribution is 2.18. The van der Waals surface area contributed by atoms with Gasteiger partial charge in [0.05, 0.1) is 4.53 Å². The van der Waals surface area contributed by atoms with Crippen LogP contribution in [0.4, 0.5) is 0 Å². The third-order valence-electron chi connectivity index (χ3n) is 3.65. The Morgan fingerprint density at radius 3 is 2.75 bits per heavy atom. The predicted octanol–water partition coefficient (Wildman–Crippen LogP) is 3.33. The fourth-order valence-electron chi connectivity index (χ4n) is 2.47. The van der Waals surface area contributed by atoms with E-state index in [0.29, 0.717) is 20.3 Å². The summed E-state index contributed by atoms with van der Waals surface area (Å²) in [7, 11) is 0. The number of hydrogen-bond acceptors (Lipinski definition) is 4. The molecule has 0 atom stereocenters. The van der Waals surface area contributed by atoms with Crippen LogP contribution in [0.25, 0.3) is 22.4 Å². The van der Waals surface area contributed by atoms with E-state index < -0.39 is 0 Å². The molecule has 2 heterocycles. The van der Waals surface area contributed by atoms with Gasteiger partial charge >= 0.3 is 0 Å². The van der Waals surface area contributed by atoms with Crippen LogP contribution in [0.1, 0.15) is 11.1 Å². The first-order chi connectivity index (χ1) is 11.6. The van der Waals surface area contributed by atoms with Gasteiger partial charge in [-0.2, -0.15) is 9.50 Å². The first-order valence-corrected chi connectivity index (χ1v) is 8.54. The van der Waals surface area contributed by atoms with E-state index in [2.05, 4.69) is 10.1 Å². The van der Waals surface area contributed by atoms with Gasteiger partial charge in [-0.15, -0.1) is 5.10 Å². The molecule has 118 valence electrons. The van der Waals surface area contributed by atoms with E-state index in [1.807, 2.05) is 49.4 Å². The molecule has 0 radical (unpaired) electrons. The monoisotopic (exact) mass is 353 g/mol. The Labute approximate surface area is 146 Å². The topological polar surface area (TPSA) is 47.3 Å². The number of aryl methyl sites for hydroxylation is 1. The van der Waals surface area contributed by atoms with Crippen LogP contribution >= 0.6 is 22.9 Å². The fraction of sp³-hybridized carbons (Fsp3) is 0.0556. The highest BCUT2D eigenvalue weighted by molar-refractivity contribution is 7.15. The number of thiazole rings is 1. The Kier molecular flexibility index (Phi) is 3.67. The smallest absolute Gasteiger partial charge is 0.266 e. The zero-order valence-electron chi connectivity index (χ0n) is 12.7. The molecule has 0 saturated carbocycles. The second-order valence-electron chi connectivity index (χ2n) is 5.44. The largest absolute Gasteiger partial charge is 0.291 e. The van der Waals surface area contributed by atoms with Crippen LogP contribution in [0.5, 0.6) is 0 Å². The van der Waals surface area contributed by atoms with Gasteiger partial charge in [0, 0.05) is 10.6 Å². The predicted molar refractivity (Wildman–Crippen MR) is 97.5 cm³/mol. The number of rotatable bonds is 2. The quantitative estimate of drug-likeness (QED) is 0.555. The summed E-state index contributed by atoms with van der Waals surface area (Å²) in [6, 6.07) is 15.3. The van der Waals surface area contributed by atoms with Crippen molar-refractivity contribution in [3.63, 3.8) is 0 Å². The molecule has 4 nitrogen and oxygen atoms in total. The average Bonchev–Trinajstić information content (AvgIpc) is 3.10. The lowest BCUT2D eigenvalue weighted by Gasteiger charge is -1.96. The lowest BCUT2D eigenvalue weighted by Crippen LogP contribution is -2.23. The molecule has 0 fully saturated rings. The van der Waals surface area contributed by atoms with Crippen LogP contribution in [0.2, 0.25) is 5.02 Å². The van der Waals surface area contributed by atoms with E-state index in [-0.39, 0.29) is 5.56 Å². The van der Waals surface area contributed by atoms with Crippen molar-refractivity contribution in [1.29, 1.82) is 0 Å². The molecule has 0 unspecified atom stereocenters. The third-order valence-corrected chi connectivity index (χ3v) is 4.95. The summed E-state index contributed by atoms with van der Waals surface area (Å²) in [6.45, 7) is 2.01. The molecule has 6 heteroatoms. The number of hydrogen-bond donors (Lipinski definition) is 0. The molecular formula is C18H12ClN3OS. The van der Waals surface area contributed by atoms with Crippen LogP contribution in [-0.4, -0.2) is 14.6 Å². The van der Waals surface area contributed by atoms with Crippen molar-refractivity contribution >= 4 is 34.0 Å². The summed E-state index contributed by atoms with van der Waals surface area (Å²) >= 11 is 7.46. The fourth-order valence-corrected chi connectivity index (χ4v) is 3.56. The summed E-state index contributed by atoms with van der Waals surface area (Å²) in [5.74, 6) is 0.561. The number of fused-ring (bicyclic) bond motifs is 1. The van der Waals surface area contributed by atoms with Gasteiger partial charge < -0.3 is 0 Å². The maximum Gasteiger partial charge on any atom is 0.291 e. The Bertz CT molecular complexity index is 1160. The van der Waals surface area contributed by atoms with Gasteiger partial charge in [-0.05, 0) is 30.7 Å². The second-order valence-corrected chi connectivity index (χ2v) is 6.85. The summed E-state index contributed by atoms with van der Waals surface area (Å²) < 4.78 is 1.92. The Morgan fingerprint density at radius 1 is 1.17 bits per heavy atom. The summed E-state index contributed by atoms with van der Waals surface area (Å²) in [4.78, 5) is 17.6. The highest BCUT2D eigenvalue weighted by atomic mass is 35.5. The van der Waals surface area contributed by atoms with Crippen LogP contribution in [0.3, 0.4) is 0 Å². The van der Waals surface area contributed by atoms with Crippen LogP contribution in [-0.2, 0) is 0 Å². The molecule has 0 amide bonds. The molecule has 0 spiro atoms. The van der Waals surface area contributed by atoms with Gasteiger partial charge in [0.25, 0.3) is 5.56 Å². The lowest BCUT2D eigenvalue weighted by atomic mass is 10.1. The molecule has 2 aromatic carbocycles.